The van der Waals surface area contributed by atoms with Gasteiger partial charge in [0, 0.05) is 12.1 Å². The lowest BCUT2D eigenvalue weighted by Gasteiger charge is -2.05. The molecule has 0 atom stereocenters. The third kappa shape index (κ3) is 7.32. The zero-order valence-corrected chi connectivity index (χ0v) is 13.1. The molecule has 1 aromatic rings. The minimum Gasteiger partial charge on any atom is -0.352 e. The molecule has 0 saturated heterocycles. The Balaban J connectivity index is 2.01. The van der Waals surface area contributed by atoms with E-state index in [1.165, 1.54) is 50.5 Å². The van der Waals surface area contributed by atoms with Gasteiger partial charge in [-0.15, -0.1) is 0 Å². The van der Waals surface area contributed by atoms with Gasteiger partial charge < -0.3 is 5.32 Å². The van der Waals surface area contributed by atoms with Gasteiger partial charge in [-0.05, 0) is 25.5 Å². The molecule has 0 spiro atoms. The van der Waals surface area contributed by atoms with E-state index in [0.717, 1.165) is 18.5 Å². The highest BCUT2D eigenvalue weighted by molar-refractivity contribution is 5.94. The maximum absolute atomic E-state index is 11.9. The van der Waals surface area contributed by atoms with Crippen molar-refractivity contribution in [1.29, 1.82) is 0 Å². The quantitative estimate of drug-likeness (QED) is 0.607. The Kier molecular flexibility index (Phi) is 8.77. The Morgan fingerprint density at radius 3 is 2.05 bits per heavy atom. The molecule has 0 saturated carbocycles. The Labute approximate surface area is 124 Å². The molecule has 0 aromatic heterocycles. The lowest BCUT2D eigenvalue weighted by atomic mass is 10.1. The fraction of sp³-hybridized carbons (Fsp3) is 0.611. The molecule has 1 aromatic carbocycles. The molecule has 0 heterocycles. The smallest absolute Gasteiger partial charge is 0.251 e. The number of hydrogen-bond donors (Lipinski definition) is 1. The zero-order valence-electron chi connectivity index (χ0n) is 13.1. The number of rotatable bonds is 10. The van der Waals surface area contributed by atoms with Crippen LogP contribution in [0.2, 0.25) is 0 Å². The van der Waals surface area contributed by atoms with E-state index in [4.69, 9.17) is 0 Å². The molecule has 2 heteroatoms. The molecule has 1 N–H and O–H groups in total. The fourth-order valence-corrected chi connectivity index (χ4v) is 2.27. The van der Waals surface area contributed by atoms with Crippen LogP contribution in [0.3, 0.4) is 0 Å². The zero-order chi connectivity index (χ0) is 14.6. The van der Waals surface area contributed by atoms with Crippen molar-refractivity contribution in [2.45, 2.75) is 65.2 Å². The summed E-state index contributed by atoms with van der Waals surface area (Å²) in [5.74, 6) is 0.0490. The summed E-state index contributed by atoms with van der Waals surface area (Å²) in [5, 5.41) is 2.99. The molecule has 2 nitrogen and oxygen atoms in total. The van der Waals surface area contributed by atoms with Gasteiger partial charge in [-0.2, -0.15) is 0 Å². The highest BCUT2D eigenvalue weighted by Gasteiger charge is 2.03. The van der Waals surface area contributed by atoms with Crippen LogP contribution >= 0.6 is 0 Å². The molecule has 0 aliphatic rings. The first-order valence-corrected chi connectivity index (χ1v) is 8.09. The summed E-state index contributed by atoms with van der Waals surface area (Å²) < 4.78 is 0. The van der Waals surface area contributed by atoms with Gasteiger partial charge >= 0.3 is 0 Å². The molecule has 0 aliphatic heterocycles. The average Bonchev–Trinajstić information content (AvgIpc) is 2.46. The van der Waals surface area contributed by atoms with Gasteiger partial charge in [0.1, 0.15) is 0 Å². The second kappa shape index (κ2) is 10.5. The van der Waals surface area contributed by atoms with E-state index in [9.17, 15) is 4.79 Å². The predicted molar refractivity (Wildman–Crippen MR) is 86.1 cm³/mol. The molecular formula is C18H29NO. The van der Waals surface area contributed by atoms with E-state index < -0.39 is 0 Å². The second-order valence-electron chi connectivity index (χ2n) is 5.60. The van der Waals surface area contributed by atoms with Crippen LogP contribution in [0.4, 0.5) is 0 Å². The summed E-state index contributed by atoms with van der Waals surface area (Å²) in [5.41, 5.74) is 1.94. The molecule has 112 valence electrons. The van der Waals surface area contributed by atoms with Crippen molar-refractivity contribution < 1.29 is 4.79 Å². The summed E-state index contributed by atoms with van der Waals surface area (Å²) in [6, 6.07) is 7.73. The van der Waals surface area contributed by atoms with Crippen molar-refractivity contribution in [3.05, 3.63) is 35.4 Å². The second-order valence-corrected chi connectivity index (χ2v) is 5.60. The number of benzene rings is 1. The fourth-order valence-electron chi connectivity index (χ4n) is 2.27. The topological polar surface area (TPSA) is 29.1 Å². The first-order chi connectivity index (χ1) is 9.74. The highest BCUT2D eigenvalue weighted by atomic mass is 16.1. The third-order valence-corrected chi connectivity index (χ3v) is 3.63. The normalized spacial score (nSPS) is 10.5. The van der Waals surface area contributed by atoms with Gasteiger partial charge in [-0.3, -0.25) is 4.79 Å². The standard InChI is InChI=1S/C18H29NO/c1-3-4-5-6-7-8-9-10-15-19-18(20)17-13-11-16(2)12-14-17/h11-14H,3-10,15H2,1-2H3,(H,19,20). The minimum absolute atomic E-state index is 0.0490. The number of hydrogen-bond acceptors (Lipinski definition) is 1. The molecule has 0 unspecified atom stereocenters. The van der Waals surface area contributed by atoms with Crippen molar-refractivity contribution in [2.24, 2.45) is 0 Å². The summed E-state index contributed by atoms with van der Waals surface area (Å²) >= 11 is 0. The van der Waals surface area contributed by atoms with E-state index in [2.05, 4.69) is 12.2 Å². The van der Waals surface area contributed by atoms with Gasteiger partial charge in [0.15, 0.2) is 0 Å². The van der Waals surface area contributed by atoms with Gasteiger partial charge in [0.2, 0.25) is 0 Å². The van der Waals surface area contributed by atoms with Crippen LogP contribution in [0.25, 0.3) is 0 Å². The average molecular weight is 275 g/mol. The van der Waals surface area contributed by atoms with E-state index >= 15 is 0 Å². The minimum atomic E-state index is 0.0490. The molecule has 1 rings (SSSR count). The first kappa shape index (κ1) is 16.7. The number of aryl methyl sites for hydroxylation is 1. The van der Waals surface area contributed by atoms with Crippen LogP contribution in [-0.2, 0) is 0 Å². The van der Waals surface area contributed by atoms with Gasteiger partial charge in [-0.25, -0.2) is 0 Å². The van der Waals surface area contributed by atoms with Crippen LogP contribution in [0.5, 0.6) is 0 Å². The van der Waals surface area contributed by atoms with E-state index in [1.807, 2.05) is 31.2 Å². The Hall–Kier alpha value is -1.31. The molecule has 0 radical (unpaired) electrons. The van der Waals surface area contributed by atoms with Crippen LogP contribution in [0.1, 0.15) is 74.2 Å². The Morgan fingerprint density at radius 2 is 1.45 bits per heavy atom. The molecule has 0 aliphatic carbocycles. The van der Waals surface area contributed by atoms with Gasteiger partial charge in [0.25, 0.3) is 5.91 Å². The SMILES string of the molecule is CCCCCCCCCCNC(=O)c1ccc(C)cc1. The van der Waals surface area contributed by atoms with Gasteiger partial charge in [-0.1, -0.05) is 69.6 Å². The van der Waals surface area contributed by atoms with Gasteiger partial charge in [0.05, 0.1) is 0 Å². The third-order valence-electron chi connectivity index (χ3n) is 3.63. The van der Waals surface area contributed by atoms with Crippen LogP contribution in [0.15, 0.2) is 24.3 Å². The number of amides is 1. The predicted octanol–water partition coefficient (Wildman–Crippen LogP) is 4.87. The lowest BCUT2D eigenvalue weighted by molar-refractivity contribution is 0.0953. The first-order valence-electron chi connectivity index (χ1n) is 8.09. The largest absolute Gasteiger partial charge is 0.352 e. The number of unbranched alkanes of at least 4 members (excludes halogenated alkanes) is 7. The maximum atomic E-state index is 11.9. The summed E-state index contributed by atoms with van der Waals surface area (Å²) in [6.45, 7) is 5.07. The Morgan fingerprint density at radius 1 is 0.900 bits per heavy atom. The van der Waals surface area contributed by atoms with Crippen molar-refractivity contribution in [2.75, 3.05) is 6.54 Å². The molecular weight excluding hydrogens is 246 g/mol. The number of nitrogens with one attached hydrogen (secondary N) is 1. The number of carbonyl (C=O) groups is 1. The van der Waals surface area contributed by atoms with Crippen molar-refractivity contribution in [1.82, 2.24) is 5.32 Å². The molecule has 1 amide bonds. The van der Waals surface area contributed by atoms with Crippen molar-refractivity contribution in [3.63, 3.8) is 0 Å². The lowest BCUT2D eigenvalue weighted by Crippen LogP contribution is -2.24. The summed E-state index contributed by atoms with van der Waals surface area (Å²) in [7, 11) is 0. The summed E-state index contributed by atoms with van der Waals surface area (Å²) in [6.07, 6.45) is 10.4. The van der Waals surface area contributed by atoms with E-state index in [1.54, 1.807) is 0 Å². The van der Waals surface area contributed by atoms with E-state index in [0.29, 0.717) is 0 Å². The Bertz CT molecular complexity index is 370. The van der Waals surface area contributed by atoms with Crippen LogP contribution < -0.4 is 5.32 Å². The van der Waals surface area contributed by atoms with E-state index in [-0.39, 0.29) is 5.91 Å². The highest BCUT2D eigenvalue weighted by Crippen LogP contribution is 2.08. The monoisotopic (exact) mass is 275 g/mol. The van der Waals surface area contributed by atoms with Crippen molar-refractivity contribution >= 4 is 5.91 Å². The van der Waals surface area contributed by atoms with Crippen molar-refractivity contribution in [3.8, 4) is 0 Å². The molecule has 0 fully saturated rings. The molecule has 20 heavy (non-hydrogen) atoms. The van der Waals surface area contributed by atoms with Crippen LogP contribution in [0, 0.1) is 6.92 Å². The number of carbonyl (C=O) groups excluding carboxylic acids is 1. The maximum Gasteiger partial charge on any atom is 0.251 e. The summed E-state index contributed by atoms with van der Waals surface area (Å²) in [4.78, 5) is 11.9. The molecule has 0 bridgehead atoms. The van der Waals surface area contributed by atoms with Crippen LogP contribution in [-0.4, -0.2) is 12.5 Å².